The molecule has 10 aromatic heterocycles. The van der Waals surface area contributed by atoms with E-state index in [9.17, 15) is 37.5 Å². The number of imidazole rings is 2. The summed E-state index contributed by atoms with van der Waals surface area (Å²) in [6.07, 6.45) is 18.0. The third-order valence-electron chi connectivity index (χ3n) is 18.3. The van der Waals surface area contributed by atoms with Gasteiger partial charge in [0.15, 0.2) is 28.7 Å². The number of aromatic carboxylic acids is 1. The predicted molar refractivity (Wildman–Crippen MR) is 401 cm³/mol. The third kappa shape index (κ3) is 18.3. The molecule has 3 aliphatic carbocycles. The molecule has 10 heterocycles. The van der Waals surface area contributed by atoms with Crippen LogP contribution in [0.4, 0.5) is 8.78 Å². The first-order chi connectivity index (χ1) is 51.4. The standard InChI is InChI=1S/C26H23ClFN7O3.C22H26N4O4.C18H18N4O4.C8H7ClFN3.CH4.ClH/c1-38-23(36)13-35-18(9-17-8-16(15-2-3-15)4-5-22(17)35)11-34-12-21(31-32-34)26(37)29-10-20-25-24(28)19(27)6-7-33(25)14-30-20;1-22(2,3)30-21(28)18-12-25(24-23-18)11-17-10-16-9-15(14-5-6-14)7-8-19(16)26(17)13-20(27)29-4;1-26-17(23)10-22-14(8-21-9-15(18(24)25)19-20-21)7-13-6-12(11-2-3-11)4-5-16(13)22;9-5-1-2-13-4-12-6(3-11)8(13)7(5)10;;/h4-9,12,14-15H,2-3,10-11,13H2,1H3,(H,29,37);7-10,12,14H,5-6,11,13H2,1-4H3;4-7,9,11H,2-3,8,10H2,1H3,(H,24,25);1-2,4H,3,11H2;1H4;1H. The van der Waals surface area contributed by atoms with E-state index in [1.165, 1.54) is 127 Å². The van der Waals surface area contributed by atoms with Gasteiger partial charge in [0.25, 0.3) is 5.91 Å². The van der Waals surface area contributed by atoms with E-state index in [1.54, 1.807) is 48.4 Å². The van der Waals surface area contributed by atoms with Gasteiger partial charge in [0.2, 0.25) is 0 Å². The number of halogens is 5. The number of fused-ring (bicyclic) bond motifs is 5. The van der Waals surface area contributed by atoms with E-state index in [4.69, 9.17) is 53.0 Å². The number of amides is 1. The van der Waals surface area contributed by atoms with Crippen molar-refractivity contribution in [2.75, 3.05) is 21.3 Å². The van der Waals surface area contributed by atoms with Crippen LogP contribution in [0.2, 0.25) is 10.0 Å². The Bertz CT molecular complexity index is 5560. The average molecular weight is 1550 g/mol. The molecule has 13 aromatic rings. The van der Waals surface area contributed by atoms with Crippen molar-refractivity contribution in [2.24, 2.45) is 5.73 Å². The van der Waals surface area contributed by atoms with Crippen LogP contribution in [0.1, 0.15) is 161 Å². The molecule has 109 heavy (non-hydrogen) atoms. The summed E-state index contributed by atoms with van der Waals surface area (Å²) in [4.78, 5) is 80.1. The van der Waals surface area contributed by atoms with Crippen molar-refractivity contribution in [3.05, 3.63) is 212 Å². The van der Waals surface area contributed by atoms with Crippen LogP contribution in [0.5, 0.6) is 0 Å². The summed E-state index contributed by atoms with van der Waals surface area (Å²) >= 11 is 11.5. The summed E-state index contributed by atoms with van der Waals surface area (Å²) < 4.78 is 61.1. The number of nitrogens with two attached hydrogens (primary N) is 1. The van der Waals surface area contributed by atoms with Crippen molar-refractivity contribution in [1.29, 1.82) is 0 Å². The monoisotopic (exact) mass is 1550 g/mol. The normalized spacial score (nSPS) is 13.2. The van der Waals surface area contributed by atoms with Gasteiger partial charge in [-0.3, -0.25) is 19.2 Å². The zero-order valence-corrected chi connectivity index (χ0v) is 61.8. The summed E-state index contributed by atoms with van der Waals surface area (Å²) in [6, 6.07) is 28.0. The number of hydrogen-bond donors (Lipinski definition) is 3. The molecule has 0 unspecified atom stereocenters. The average Bonchev–Trinajstić information content (AvgIpc) is 1.65. The Labute approximate surface area is 638 Å². The number of aromatic nitrogens is 16. The van der Waals surface area contributed by atoms with Crippen molar-refractivity contribution in [3.8, 4) is 0 Å². The topological polar surface area (TPSA) is 339 Å². The number of pyridine rings is 2. The summed E-state index contributed by atoms with van der Waals surface area (Å²) in [5.41, 5.74) is 15.6. The smallest absolute Gasteiger partial charge is 0.361 e. The maximum Gasteiger partial charge on any atom is 0.361 e. The lowest BCUT2D eigenvalue weighted by molar-refractivity contribution is -0.142. The largest absolute Gasteiger partial charge is 0.476 e. The van der Waals surface area contributed by atoms with Crippen LogP contribution in [0.15, 0.2) is 129 Å². The van der Waals surface area contributed by atoms with Gasteiger partial charge in [-0.15, -0.1) is 27.7 Å². The molecule has 0 spiro atoms. The van der Waals surface area contributed by atoms with Crippen molar-refractivity contribution in [3.63, 3.8) is 0 Å². The Morgan fingerprint density at radius 2 is 0.917 bits per heavy atom. The van der Waals surface area contributed by atoms with Crippen LogP contribution in [0.25, 0.3) is 43.7 Å². The zero-order chi connectivity index (χ0) is 75.5. The Morgan fingerprint density at radius 1 is 0.550 bits per heavy atom. The Hall–Kier alpha value is -11.4. The molecule has 0 atom stereocenters. The quantitative estimate of drug-likeness (QED) is 0.0444. The molecular weight excluding hydrogens is 1470 g/mol. The molecule has 34 heteroatoms. The van der Waals surface area contributed by atoms with Crippen molar-refractivity contribution in [2.45, 2.75) is 142 Å². The molecule has 0 bridgehead atoms. The van der Waals surface area contributed by atoms with E-state index in [2.05, 4.69) is 94.8 Å². The summed E-state index contributed by atoms with van der Waals surface area (Å²) in [7, 11) is 4.09. The number of nitrogens with one attached hydrogen (secondary N) is 1. The molecule has 570 valence electrons. The minimum absolute atomic E-state index is 0. The second-order valence-electron chi connectivity index (χ2n) is 27.1. The van der Waals surface area contributed by atoms with Crippen LogP contribution in [0, 0.1) is 11.6 Å². The number of carbonyl (C=O) groups is 6. The Kier molecular flexibility index (Phi) is 24.1. The number of ether oxygens (including phenoxy) is 4. The lowest BCUT2D eigenvalue weighted by Gasteiger charge is -2.18. The van der Waals surface area contributed by atoms with Crippen LogP contribution in [0.3, 0.4) is 0 Å². The first-order valence-corrected chi connectivity index (χ1v) is 35.0. The maximum absolute atomic E-state index is 14.5. The molecule has 16 rings (SSSR count). The van der Waals surface area contributed by atoms with Gasteiger partial charge in [-0.2, -0.15) is 0 Å². The van der Waals surface area contributed by atoms with Crippen LogP contribution in [-0.4, -0.2) is 145 Å². The minimum atomic E-state index is -1.12. The number of methoxy groups -OCH3 is 3. The van der Waals surface area contributed by atoms with E-state index in [0.29, 0.717) is 54.3 Å². The zero-order valence-electron chi connectivity index (χ0n) is 59.4. The first kappa shape index (κ1) is 78.7. The van der Waals surface area contributed by atoms with Crippen molar-refractivity contribution in [1.82, 2.24) is 82.8 Å². The van der Waals surface area contributed by atoms with E-state index in [-0.39, 0.29) is 103 Å². The highest BCUT2D eigenvalue weighted by molar-refractivity contribution is 6.31. The maximum atomic E-state index is 14.5. The van der Waals surface area contributed by atoms with Crippen LogP contribution >= 0.6 is 35.6 Å². The molecule has 3 fully saturated rings. The lowest BCUT2D eigenvalue weighted by atomic mass is 10.1. The third-order valence-corrected chi connectivity index (χ3v) is 18.9. The van der Waals surface area contributed by atoms with Gasteiger partial charge in [0.1, 0.15) is 36.3 Å². The second kappa shape index (κ2) is 33.4. The van der Waals surface area contributed by atoms with Gasteiger partial charge in [-0.05, 0) is 160 Å². The van der Waals surface area contributed by atoms with E-state index in [1.807, 2.05) is 38.0 Å². The number of carbonyl (C=O) groups excluding carboxylic acids is 5. The number of carboxylic acid groups (broad SMARTS) is 1. The van der Waals surface area contributed by atoms with Gasteiger partial charge in [-0.1, -0.05) is 64.5 Å². The number of carboxylic acids is 1. The minimum Gasteiger partial charge on any atom is -0.476 e. The van der Waals surface area contributed by atoms with E-state index >= 15 is 0 Å². The molecule has 29 nitrogen and oxygen atoms in total. The van der Waals surface area contributed by atoms with E-state index in [0.717, 1.165) is 49.8 Å². The molecule has 0 radical (unpaired) electrons. The second-order valence-corrected chi connectivity index (χ2v) is 27.9. The number of hydrogen-bond acceptors (Lipinski definition) is 19. The van der Waals surface area contributed by atoms with Gasteiger partial charge in [0.05, 0.1) is 100 Å². The summed E-state index contributed by atoms with van der Waals surface area (Å²) in [6.45, 7) is 6.79. The van der Waals surface area contributed by atoms with Crippen LogP contribution < -0.4 is 11.1 Å². The number of nitrogens with zero attached hydrogens (tertiary/aromatic N) is 16. The fourth-order valence-electron chi connectivity index (χ4n) is 12.5. The van der Waals surface area contributed by atoms with Crippen molar-refractivity contribution < 1.29 is 61.6 Å². The molecule has 0 aliphatic heterocycles. The molecule has 0 saturated heterocycles. The molecule has 3 saturated carbocycles. The number of rotatable bonds is 21. The SMILES string of the molecule is C.COC(=O)Cn1c(Cn2cc(C(=O)NCc3ncn4ccc(Cl)c(F)c34)nn2)cc2cc(C3CC3)ccc21.COC(=O)Cn1c(Cn2cc(C(=O)O)nn2)cc2cc(C3CC3)ccc21.COC(=O)Cn1c(Cn2cc(C(=O)OC(C)(C)C)nn2)cc2cc(C3CC3)ccc21.Cl.NCc1ncn2ccc(Cl)c(F)c12. The van der Waals surface area contributed by atoms with Gasteiger partial charge >= 0.3 is 29.8 Å². The van der Waals surface area contributed by atoms with E-state index < -0.39 is 35.1 Å². The predicted octanol–water partition coefficient (Wildman–Crippen LogP) is 11.7. The fourth-order valence-corrected chi connectivity index (χ4v) is 12.8. The van der Waals surface area contributed by atoms with Gasteiger partial charge in [-0.25, -0.2) is 42.4 Å². The molecule has 3 aromatic carbocycles. The molecule has 1 amide bonds. The Balaban J connectivity index is 0.000000151. The molecular formula is C75H79Cl3F2N18O11. The van der Waals surface area contributed by atoms with Gasteiger partial charge in [0, 0.05) is 68.7 Å². The lowest BCUT2D eigenvalue weighted by Crippen LogP contribution is -2.24. The Morgan fingerprint density at radius 3 is 1.28 bits per heavy atom. The first-order valence-electron chi connectivity index (χ1n) is 34.2. The van der Waals surface area contributed by atoms with Crippen molar-refractivity contribution >= 4 is 115 Å². The number of benzene rings is 3. The highest BCUT2D eigenvalue weighted by Gasteiger charge is 2.29. The summed E-state index contributed by atoms with van der Waals surface area (Å²) in [5.74, 6) is -2.34. The highest BCUT2D eigenvalue weighted by atomic mass is 35.5. The number of esters is 4. The molecule has 3 aliphatic rings. The summed E-state index contributed by atoms with van der Waals surface area (Å²) in [5, 5.41) is 38.5. The van der Waals surface area contributed by atoms with Gasteiger partial charge < -0.3 is 57.6 Å². The molecule has 4 N–H and O–H groups in total. The highest BCUT2D eigenvalue weighted by Crippen LogP contribution is 2.43. The fraction of sp³-hybridized carbons (Fsp3) is 0.333. The van der Waals surface area contributed by atoms with Crippen LogP contribution in [-0.2, 0) is 85.7 Å².